The Morgan fingerprint density at radius 3 is 2.23 bits per heavy atom. The maximum atomic E-state index is 13.5. The number of pyridine rings is 1. The molecule has 0 bridgehead atoms. The molecule has 2 heterocycles. The maximum absolute atomic E-state index is 13.5. The van der Waals surface area contributed by atoms with Crippen LogP contribution in [0.2, 0.25) is 0 Å². The van der Waals surface area contributed by atoms with Gasteiger partial charge in [0.25, 0.3) is 5.56 Å². The van der Waals surface area contributed by atoms with E-state index in [1.165, 1.54) is 7.11 Å². The lowest BCUT2D eigenvalue weighted by Crippen LogP contribution is -2.20. The van der Waals surface area contributed by atoms with Gasteiger partial charge in [-0.2, -0.15) is 0 Å². The number of esters is 1. The van der Waals surface area contributed by atoms with E-state index >= 15 is 0 Å². The van der Waals surface area contributed by atoms with Gasteiger partial charge in [0.2, 0.25) is 0 Å². The van der Waals surface area contributed by atoms with Gasteiger partial charge >= 0.3 is 5.97 Å². The molecule has 5 rings (SSSR count). The number of aromatic nitrogens is 1. The molecule has 0 fully saturated rings. The summed E-state index contributed by atoms with van der Waals surface area (Å²) in [5.41, 5.74) is 4.30. The number of nitrogens with zero attached hydrogens (tertiary/aromatic N) is 1. The summed E-state index contributed by atoms with van der Waals surface area (Å²) in [6.07, 6.45) is 1.84. The Bertz CT molecular complexity index is 1550. The van der Waals surface area contributed by atoms with Crippen molar-refractivity contribution in [2.45, 2.75) is 6.54 Å². The predicted octanol–water partition coefficient (Wildman–Crippen LogP) is 5.77. The van der Waals surface area contributed by atoms with Gasteiger partial charge in [-0.25, -0.2) is 4.79 Å². The summed E-state index contributed by atoms with van der Waals surface area (Å²) in [4.78, 5) is 25.2. The lowest BCUT2D eigenvalue weighted by molar-refractivity contribution is 0.0600. The minimum Gasteiger partial charge on any atom is -0.497 e. The molecule has 0 aliphatic carbocycles. The van der Waals surface area contributed by atoms with Crippen LogP contribution in [0.4, 0.5) is 0 Å². The van der Waals surface area contributed by atoms with Crippen molar-refractivity contribution in [3.05, 3.63) is 113 Å². The molecule has 0 atom stereocenters. The van der Waals surface area contributed by atoms with E-state index in [0.717, 1.165) is 28.0 Å². The quantitative estimate of drug-likeness (QED) is 0.298. The van der Waals surface area contributed by atoms with Gasteiger partial charge in [-0.05, 0) is 41.5 Å². The molecule has 6 nitrogen and oxygen atoms in total. The molecule has 0 saturated heterocycles. The zero-order valence-corrected chi connectivity index (χ0v) is 19.4. The van der Waals surface area contributed by atoms with Gasteiger partial charge in [-0.3, -0.25) is 4.79 Å². The van der Waals surface area contributed by atoms with Gasteiger partial charge in [-0.15, -0.1) is 0 Å². The Morgan fingerprint density at radius 1 is 0.886 bits per heavy atom. The Morgan fingerprint density at radius 2 is 1.57 bits per heavy atom. The van der Waals surface area contributed by atoms with Gasteiger partial charge < -0.3 is 18.5 Å². The summed E-state index contributed by atoms with van der Waals surface area (Å²) >= 11 is 0. The fraction of sp³-hybridized carbons (Fsp3) is 0.103. The van der Waals surface area contributed by atoms with Gasteiger partial charge in [0, 0.05) is 17.3 Å². The topological polar surface area (TPSA) is 70.7 Å². The Hall–Kier alpha value is -4.58. The molecule has 0 amide bonds. The van der Waals surface area contributed by atoms with Crippen molar-refractivity contribution < 1.29 is 18.7 Å². The van der Waals surface area contributed by atoms with Crippen LogP contribution in [-0.2, 0) is 11.3 Å². The van der Waals surface area contributed by atoms with Crippen molar-refractivity contribution in [1.29, 1.82) is 0 Å². The first-order chi connectivity index (χ1) is 17.1. The molecule has 0 spiro atoms. The van der Waals surface area contributed by atoms with E-state index < -0.39 is 5.97 Å². The number of benzene rings is 3. The minimum atomic E-state index is -0.410. The average molecular weight is 466 g/mol. The van der Waals surface area contributed by atoms with Crippen LogP contribution in [0.5, 0.6) is 5.75 Å². The molecule has 6 heteroatoms. The fourth-order valence-corrected chi connectivity index (χ4v) is 4.08. The molecular formula is C29H23NO5. The van der Waals surface area contributed by atoms with Crippen LogP contribution in [0, 0.1) is 0 Å². The SMILES string of the molecule is COC(=O)c1ccc(-c2cc3c(=O)n(Cc4ccccc4)cc(-c4ccc(OC)cc4)c3o2)cc1. The lowest BCUT2D eigenvalue weighted by Gasteiger charge is -2.10. The van der Waals surface area contributed by atoms with E-state index in [1.807, 2.05) is 60.8 Å². The van der Waals surface area contributed by atoms with Gasteiger partial charge in [0.15, 0.2) is 0 Å². The second kappa shape index (κ2) is 9.35. The van der Waals surface area contributed by atoms with Crippen LogP contribution in [0.25, 0.3) is 33.4 Å². The van der Waals surface area contributed by atoms with Crippen LogP contribution in [0.15, 0.2) is 100 Å². The van der Waals surface area contributed by atoms with Crippen LogP contribution in [0.1, 0.15) is 15.9 Å². The molecule has 0 aliphatic heterocycles. The monoisotopic (exact) mass is 465 g/mol. The molecule has 3 aromatic carbocycles. The number of furan rings is 1. The first kappa shape index (κ1) is 22.2. The number of fused-ring (bicyclic) bond motifs is 1. The molecule has 0 unspecified atom stereocenters. The van der Waals surface area contributed by atoms with Crippen LogP contribution in [-0.4, -0.2) is 24.8 Å². The van der Waals surface area contributed by atoms with Gasteiger partial charge in [0.05, 0.1) is 31.7 Å². The van der Waals surface area contributed by atoms with Gasteiger partial charge in [0.1, 0.15) is 17.1 Å². The summed E-state index contributed by atoms with van der Waals surface area (Å²) in [6.45, 7) is 0.438. The van der Waals surface area contributed by atoms with E-state index in [-0.39, 0.29) is 5.56 Å². The Balaban J connectivity index is 1.66. The number of carbonyl (C=O) groups is 1. The third kappa shape index (κ3) is 4.34. The van der Waals surface area contributed by atoms with Crippen molar-refractivity contribution in [2.75, 3.05) is 14.2 Å². The standard InChI is InChI=1S/C29H23NO5/c1-33-23-14-12-20(13-15-23)25-18-30(17-19-6-4-3-5-7-19)28(31)24-16-26(35-27(24)25)21-8-10-22(11-9-21)29(32)34-2/h3-16,18H,17H2,1-2H3. The molecule has 0 aliphatic rings. The Kier molecular flexibility index (Phi) is 5.94. The smallest absolute Gasteiger partial charge is 0.337 e. The van der Waals surface area contributed by atoms with Crippen molar-refractivity contribution >= 4 is 16.9 Å². The largest absolute Gasteiger partial charge is 0.497 e. The molecule has 0 saturated carbocycles. The van der Waals surface area contributed by atoms with Crippen molar-refractivity contribution in [3.63, 3.8) is 0 Å². The molecule has 35 heavy (non-hydrogen) atoms. The molecule has 5 aromatic rings. The van der Waals surface area contributed by atoms with E-state index in [4.69, 9.17) is 13.9 Å². The van der Waals surface area contributed by atoms with Crippen molar-refractivity contribution in [1.82, 2.24) is 4.57 Å². The van der Waals surface area contributed by atoms with Crippen LogP contribution in [0.3, 0.4) is 0 Å². The first-order valence-corrected chi connectivity index (χ1v) is 11.1. The maximum Gasteiger partial charge on any atom is 0.337 e. The molecule has 0 radical (unpaired) electrons. The molecular weight excluding hydrogens is 442 g/mol. The molecule has 0 N–H and O–H groups in total. The summed E-state index contributed by atoms with van der Waals surface area (Å²) in [7, 11) is 2.97. The van der Waals surface area contributed by atoms with Crippen LogP contribution >= 0.6 is 0 Å². The van der Waals surface area contributed by atoms with Gasteiger partial charge in [-0.1, -0.05) is 54.6 Å². The van der Waals surface area contributed by atoms with Crippen molar-refractivity contribution in [2.24, 2.45) is 0 Å². The number of carbonyl (C=O) groups excluding carboxylic acids is 1. The number of hydrogen-bond donors (Lipinski definition) is 0. The van der Waals surface area contributed by atoms with Crippen molar-refractivity contribution in [3.8, 4) is 28.2 Å². The van der Waals surface area contributed by atoms with E-state index in [2.05, 4.69) is 0 Å². The second-order valence-corrected chi connectivity index (χ2v) is 8.11. The van der Waals surface area contributed by atoms with Crippen LogP contribution < -0.4 is 10.3 Å². The average Bonchev–Trinajstić information content (AvgIpc) is 3.36. The summed E-state index contributed by atoms with van der Waals surface area (Å²) in [5.74, 6) is 0.876. The van der Waals surface area contributed by atoms with E-state index in [9.17, 15) is 9.59 Å². The zero-order chi connectivity index (χ0) is 24.4. The zero-order valence-electron chi connectivity index (χ0n) is 19.4. The summed E-state index contributed by atoms with van der Waals surface area (Å²) in [5, 5.41) is 0.487. The summed E-state index contributed by atoms with van der Waals surface area (Å²) < 4.78 is 18.0. The third-order valence-corrected chi connectivity index (χ3v) is 5.94. The number of hydrogen-bond acceptors (Lipinski definition) is 5. The number of methoxy groups -OCH3 is 2. The second-order valence-electron chi connectivity index (χ2n) is 8.11. The highest BCUT2D eigenvalue weighted by molar-refractivity contribution is 5.94. The third-order valence-electron chi connectivity index (χ3n) is 5.94. The highest BCUT2D eigenvalue weighted by atomic mass is 16.5. The lowest BCUT2D eigenvalue weighted by atomic mass is 10.1. The molecule has 174 valence electrons. The normalized spacial score (nSPS) is 10.9. The Labute approximate surface area is 202 Å². The summed E-state index contributed by atoms with van der Waals surface area (Å²) in [6, 6.07) is 26.2. The number of ether oxygens (including phenoxy) is 2. The molecule has 2 aromatic heterocycles. The first-order valence-electron chi connectivity index (χ1n) is 11.1. The predicted molar refractivity (Wildman–Crippen MR) is 135 cm³/mol. The highest BCUT2D eigenvalue weighted by Crippen LogP contribution is 2.34. The highest BCUT2D eigenvalue weighted by Gasteiger charge is 2.18. The number of rotatable bonds is 6. The fourth-order valence-electron chi connectivity index (χ4n) is 4.08. The minimum absolute atomic E-state index is 0.137. The van der Waals surface area contributed by atoms with E-state index in [1.54, 1.807) is 42.0 Å². The van der Waals surface area contributed by atoms with E-state index in [0.29, 0.717) is 28.8 Å².